The quantitative estimate of drug-likeness (QED) is 0.131. The molecule has 534 valence electrons. The zero-order valence-corrected chi connectivity index (χ0v) is 62.4. The summed E-state index contributed by atoms with van der Waals surface area (Å²) in [7, 11) is -0.535. The highest BCUT2D eigenvalue weighted by Crippen LogP contribution is 2.45. The van der Waals surface area contributed by atoms with Crippen molar-refractivity contribution < 1.29 is 35.8 Å². The Balaban J connectivity index is 0.000000121. The van der Waals surface area contributed by atoms with Crippen LogP contribution in [-0.4, -0.2) is 48.2 Å². The van der Waals surface area contributed by atoms with Gasteiger partial charge in [0.15, 0.2) is 34.9 Å². The average molecular weight is 1520 g/mol. The third-order valence-electron chi connectivity index (χ3n) is 21.7. The second-order valence-corrected chi connectivity index (χ2v) is 29.9. The Labute approximate surface area is 647 Å². The molecule has 0 aliphatic carbocycles. The Morgan fingerprint density at radius 2 is 0.509 bits per heavy atom. The summed E-state index contributed by atoms with van der Waals surface area (Å²) in [6.45, 7) is 8.22. The average Bonchev–Trinajstić information content (AvgIpc) is 1.61. The van der Waals surface area contributed by atoms with Gasteiger partial charge in [-0.05, 0) is 122 Å². The molecule has 112 heavy (non-hydrogen) atoms. The van der Waals surface area contributed by atoms with Gasteiger partial charge in [0.05, 0.1) is 15.7 Å². The number of benzene rings is 14. The number of hydrogen-bond acceptors (Lipinski definition) is 14. The maximum absolute atomic E-state index is 6.70. The van der Waals surface area contributed by atoms with Crippen LogP contribution in [0.25, 0.3) is 211 Å². The molecule has 0 amide bonds. The Bertz CT molecular complexity index is 7510. The van der Waals surface area contributed by atoms with Gasteiger partial charge in [-0.2, -0.15) is 0 Å². The molecule has 16 heteroatoms. The van der Waals surface area contributed by atoms with E-state index in [1.807, 2.05) is 200 Å². The van der Waals surface area contributed by atoms with Crippen LogP contribution in [0.1, 0.15) is 27.7 Å². The van der Waals surface area contributed by atoms with E-state index in [1.54, 1.807) is 0 Å². The maximum atomic E-state index is 6.70. The minimum atomic E-state index is -0.535. The lowest BCUT2D eigenvalue weighted by Gasteiger charge is -2.32. The second kappa shape index (κ2) is 26.3. The fraction of sp³-hybridized carbons (Fsp3) is 0.0625. The molecule has 1 aliphatic heterocycles. The Hall–Kier alpha value is -13.6. The molecule has 14 nitrogen and oxygen atoms in total. The number of furan rings is 6. The van der Waals surface area contributed by atoms with E-state index >= 15 is 0 Å². The first-order valence-corrected chi connectivity index (χ1v) is 37.8. The molecule has 22 aromatic rings. The van der Waals surface area contributed by atoms with Gasteiger partial charge in [-0.3, -0.25) is 0 Å². The van der Waals surface area contributed by atoms with Crippen LogP contribution in [0, 0.1) is 0 Å². The summed E-state index contributed by atoms with van der Waals surface area (Å²) in [6, 6.07) is 102. The SMILES string of the molecule is Brc1cccc2c1oc1ccccc12.CC1(C)OB(c2cccc3c2oc2cc(-c4nc(-c5ccccc5)nc(-c5ccc6c(c5)oc5ccccc56)n4)ccc23)OC1(C)C.c1ccc(-c2nc(-c3ccc4c(c3)oc3ccccc34)nc(-c3ccc4c(c3)oc3c(-c5cccc6c5oc5ccccc56)cccc34)n2)cc1. The Kier molecular flexibility index (Phi) is 15.6. The molecule has 1 saturated heterocycles. The van der Waals surface area contributed by atoms with Crippen molar-refractivity contribution in [3.8, 4) is 79.5 Å². The van der Waals surface area contributed by atoms with Crippen LogP contribution >= 0.6 is 15.9 Å². The van der Waals surface area contributed by atoms with E-state index in [2.05, 4.69) is 147 Å². The number of halogens is 1. The summed E-state index contributed by atoms with van der Waals surface area (Å²) < 4.78 is 51.6. The highest BCUT2D eigenvalue weighted by molar-refractivity contribution is 9.10. The fourth-order valence-electron chi connectivity index (χ4n) is 15.4. The van der Waals surface area contributed by atoms with Crippen molar-refractivity contribution in [1.82, 2.24) is 29.9 Å². The van der Waals surface area contributed by atoms with Gasteiger partial charge in [0, 0.05) is 115 Å². The first-order valence-electron chi connectivity index (χ1n) is 37.0. The predicted octanol–water partition coefficient (Wildman–Crippen LogP) is 25.6. The van der Waals surface area contributed by atoms with Gasteiger partial charge in [-0.15, -0.1) is 0 Å². The topological polar surface area (TPSA) is 175 Å². The van der Waals surface area contributed by atoms with Gasteiger partial charge in [0.2, 0.25) is 0 Å². The molecule has 0 radical (unpaired) electrons. The third-order valence-corrected chi connectivity index (χ3v) is 22.3. The summed E-state index contributed by atoms with van der Waals surface area (Å²) in [5, 5.41) is 12.8. The monoisotopic (exact) mass is 1520 g/mol. The maximum Gasteiger partial charge on any atom is 0.498 e. The van der Waals surface area contributed by atoms with Crippen LogP contribution < -0.4 is 5.46 Å². The highest BCUT2D eigenvalue weighted by atomic mass is 79.9. The Morgan fingerprint density at radius 1 is 0.232 bits per heavy atom. The van der Waals surface area contributed by atoms with Crippen LogP contribution in [0.5, 0.6) is 0 Å². The van der Waals surface area contributed by atoms with E-state index in [0.717, 1.165) is 181 Å². The van der Waals surface area contributed by atoms with E-state index < -0.39 is 18.3 Å². The molecular weight excluding hydrogens is 1460 g/mol. The van der Waals surface area contributed by atoms with Crippen LogP contribution in [0.15, 0.2) is 334 Å². The molecule has 0 spiro atoms. The number of aromatic nitrogens is 6. The molecule has 14 aromatic carbocycles. The smallest absolute Gasteiger partial charge is 0.456 e. The molecule has 0 saturated carbocycles. The van der Waals surface area contributed by atoms with Crippen molar-refractivity contribution in [3.63, 3.8) is 0 Å². The molecule has 23 rings (SSSR count). The third kappa shape index (κ3) is 11.4. The van der Waals surface area contributed by atoms with Crippen molar-refractivity contribution in [2.24, 2.45) is 0 Å². The van der Waals surface area contributed by atoms with Crippen LogP contribution in [-0.2, 0) is 9.31 Å². The van der Waals surface area contributed by atoms with Crippen LogP contribution in [0.3, 0.4) is 0 Å². The molecule has 9 heterocycles. The number of nitrogens with zero attached hydrogens (tertiary/aromatic N) is 6. The standard InChI is InChI=1S/C45H25N3O3.C39H30BN3O4.C12H7BrO/c1-2-10-26(11-3-1)43-46-44(27-20-22-31-29-12-4-6-18-37(29)49-39(31)24-27)48-45(47-43)28-21-23-32-34-15-9-17-36(42(34)51-40(32)25-28)35-16-8-14-33-30-13-5-7-19-38(30)50-41(33)35;1-38(2)39(3,4)47-40(46-38)30-15-10-14-29-28-20-18-25(22-33(28)45-34(29)30)37-42-35(23-11-6-5-7-12-23)41-36(43-37)24-17-19-27-26-13-8-9-16-31(26)44-32(27)21-24;13-10-6-3-5-9-8-4-1-2-7-11(8)14-12(9)10/h1-25H;5-22H,1-4H3;1-7H. The van der Waals surface area contributed by atoms with Gasteiger partial charge in [-0.25, -0.2) is 29.9 Å². The largest absolute Gasteiger partial charge is 0.498 e. The minimum Gasteiger partial charge on any atom is -0.456 e. The van der Waals surface area contributed by atoms with E-state index in [9.17, 15) is 0 Å². The summed E-state index contributed by atoms with van der Waals surface area (Å²) in [6.07, 6.45) is 0. The summed E-state index contributed by atoms with van der Waals surface area (Å²) in [4.78, 5) is 29.8. The first-order chi connectivity index (χ1) is 54.8. The highest BCUT2D eigenvalue weighted by Gasteiger charge is 2.52. The van der Waals surface area contributed by atoms with Gasteiger partial charge < -0.3 is 35.8 Å². The molecule has 0 atom stereocenters. The number of rotatable bonds is 8. The van der Waals surface area contributed by atoms with E-state index in [0.29, 0.717) is 34.9 Å². The van der Waals surface area contributed by atoms with Crippen molar-refractivity contribution in [3.05, 3.63) is 308 Å². The van der Waals surface area contributed by atoms with Gasteiger partial charge in [0.25, 0.3) is 0 Å². The summed E-state index contributed by atoms with van der Waals surface area (Å²) in [5.41, 5.74) is 16.9. The summed E-state index contributed by atoms with van der Waals surface area (Å²) in [5.74, 6) is 3.40. The normalized spacial score (nSPS) is 13.5. The lowest BCUT2D eigenvalue weighted by Crippen LogP contribution is -2.41. The molecule has 1 fully saturated rings. The minimum absolute atomic E-state index is 0.458. The zero-order valence-electron chi connectivity index (χ0n) is 60.8. The zero-order chi connectivity index (χ0) is 74.9. The van der Waals surface area contributed by atoms with Gasteiger partial charge in [-0.1, -0.05) is 224 Å². The lowest BCUT2D eigenvalue weighted by molar-refractivity contribution is 0.00578. The molecular formula is C96H62BBrN6O8. The second-order valence-electron chi connectivity index (χ2n) is 29.1. The van der Waals surface area contributed by atoms with Gasteiger partial charge in [0.1, 0.15) is 67.0 Å². The Morgan fingerprint density at radius 3 is 0.929 bits per heavy atom. The molecule has 1 aliphatic rings. The first kappa shape index (κ1) is 66.6. The lowest BCUT2D eigenvalue weighted by atomic mass is 9.78. The van der Waals surface area contributed by atoms with Crippen molar-refractivity contribution in [2.45, 2.75) is 38.9 Å². The number of para-hydroxylation sites is 8. The molecule has 0 N–H and O–H groups in total. The van der Waals surface area contributed by atoms with Crippen LogP contribution in [0.4, 0.5) is 0 Å². The van der Waals surface area contributed by atoms with E-state index in [4.69, 9.17) is 65.7 Å². The van der Waals surface area contributed by atoms with Gasteiger partial charge >= 0.3 is 7.12 Å². The molecule has 8 aromatic heterocycles. The van der Waals surface area contributed by atoms with E-state index in [1.165, 1.54) is 5.39 Å². The predicted molar refractivity (Wildman–Crippen MR) is 451 cm³/mol. The van der Waals surface area contributed by atoms with Crippen molar-refractivity contribution >= 4 is 160 Å². The van der Waals surface area contributed by atoms with Crippen molar-refractivity contribution in [1.29, 1.82) is 0 Å². The van der Waals surface area contributed by atoms with Crippen LogP contribution in [0.2, 0.25) is 0 Å². The molecule has 0 unspecified atom stereocenters. The number of hydrogen-bond donors (Lipinski definition) is 0. The van der Waals surface area contributed by atoms with E-state index in [-0.39, 0.29) is 0 Å². The number of fused-ring (bicyclic) bond motifs is 18. The van der Waals surface area contributed by atoms with Crippen molar-refractivity contribution in [2.75, 3.05) is 0 Å². The fourth-order valence-corrected chi connectivity index (χ4v) is 15.8. The summed E-state index contributed by atoms with van der Waals surface area (Å²) >= 11 is 3.48. The molecule has 0 bridgehead atoms.